The minimum absolute atomic E-state index is 0.315. The van der Waals surface area contributed by atoms with E-state index >= 15 is 0 Å². The lowest BCUT2D eigenvalue weighted by Crippen LogP contribution is -2.31. The number of nitrogens with one attached hydrogen (secondary N) is 1. The highest BCUT2D eigenvalue weighted by Crippen LogP contribution is 2.11. The molecule has 0 amide bonds. The van der Waals surface area contributed by atoms with Crippen LogP contribution >= 0.6 is 0 Å². The van der Waals surface area contributed by atoms with Crippen LogP contribution in [0.3, 0.4) is 0 Å². The normalized spacial score (nSPS) is 11.1. The third kappa shape index (κ3) is 2.25. The number of unbranched alkanes of at least 4 members (excludes halogenated alkanes) is 1. The van der Waals surface area contributed by atoms with Gasteiger partial charge in [0.15, 0.2) is 11.2 Å². The summed E-state index contributed by atoms with van der Waals surface area (Å²) in [6.07, 6.45) is 3.57. The van der Waals surface area contributed by atoms with Crippen molar-refractivity contribution < 1.29 is 0 Å². The number of imidazole rings is 1. The largest absolute Gasteiger partial charge is 0.330 e. The number of hydrogen-bond acceptors (Lipinski definition) is 3. The number of rotatable bonds is 5. The summed E-state index contributed by atoms with van der Waals surface area (Å²) in [5, 5.41) is 0. The van der Waals surface area contributed by atoms with Crippen molar-refractivity contribution in [2.75, 3.05) is 0 Å². The van der Waals surface area contributed by atoms with E-state index in [-0.39, 0.29) is 5.69 Å². The van der Waals surface area contributed by atoms with Gasteiger partial charge in [-0.1, -0.05) is 19.4 Å². The molecule has 1 N–H and O–H groups in total. The average Bonchev–Trinajstić information content (AvgIpc) is 2.68. The van der Waals surface area contributed by atoms with Gasteiger partial charge in [-0.2, -0.15) is 0 Å². The van der Waals surface area contributed by atoms with Gasteiger partial charge in [-0.15, -0.1) is 6.58 Å². The van der Waals surface area contributed by atoms with Crippen LogP contribution in [0.4, 0.5) is 0 Å². The number of hydrogen-bond donors (Lipinski definition) is 1. The number of fused-ring (bicyclic) bond motifs is 1. The number of nitrogens with zero attached hydrogens (tertiary/aromatic N) is 3. The molecule has 0 aliphatic carbocycles. The second-order valence-electron chi connectivity index (χ2n) is 4.49. The predicted molar refractivity (Wildman–Crippen MR) is 74.5 cm³/mol. The summed E-state index contributed by atoms with van der Waals surface area (Å²) in [7, 11) is 0. The monoisotopic (exact) mass is 262 g/mol. The first-order valence-electron chi connectivity index (χ1n) is 6.41. The van der Waals surface area contributed by atoms with E-state index in [2.05, 4.69) is 23.5 Å². The van der Waals surface area contributed by atoms with Gasteiger partial charge in [-0.3, -0.25) is 14.3 Å². The molecular formula is C13H18N4O2. The van der Waals surface area contributed by atoms with E-state index in [9.17, 15) is 9.59 Å². The zero-order valence-corrected chi connectivity index (χ0v) is 11.3. The molecule has 0 saturated carbocycles. The second-order valence-corrected chi connectivity index (χ2v) is 4.49. The Morgan fingerprint density at radius 2 is 2.11 bits per heavy atom. The van der Waals surface area contributed by atoms with Crippen molar-refractivity contribution in [3.63, 3.8) is 0 Å². The summed E-state index contributed by atoms with van der Waals surface area (Å²) < 4.78 is 3.43. The third-order valence-electron chi connectivity index (χ3n) is 3.12. The molecule has 0 aliphatic rings. The molecule has 0 bridgehead atoms. The maximum Gasteiger partial charge on any atom is 0.330 e. The van der Waals surface area contributed by atoms with Gasteiger partial charge in [0, 0.05) is 13.1 Å². The van der Waals surface area contributed by atoms with Crippen molar-refractivity contribution in [3.05, 3.63) is 39.3 Å². The first-order chi connectivity index (χ1) is 9.10. The van der Waals surface area contributed by atoms with E-state index in [4.69, 9.17) is 0 Å². The second kappa shape index (κ2) is 5.26. The molecule has 0 aliphatic heterocycles. The quantitative estimate of drug-likeness (QED) is 0.822. The molecule has 19 heavy (non-hydrogen) atoms. The van der Waals surface area contributed by atoms with E-state index in [1.165, 1.54) is 0 Å². The van der Waals surface area contributed by atoms with E-state index in [0.717, 1.165) is 12.8 Å². The zero-order chi connectivity index (χ0) is 14.0. The fraction of sp³-hybridized carbons (Fsp3) is 0.462. The summed E-state index contributed by atoms with van der Waals surface area (Å²) in [4.78, 5) is 30.4. The molecule has 2 rings (SSSR count). The molecule has 0 saturated heterocycles. The lowest BCUT2D eigenvalue weighted by atomic mass is 10.3. The number of aromatic nitrogens is 4. The van der Waals surface area contributed by atoms with Crippen LogP contribution < -0.4 is 11.2 Å². The maximum absolute atomic E-state index is 12.0. The molecule has 0 aromatic carbocycles. The molecule has 6 nitrogen and oxygen atoms in total. The number of aryl methyl sites for hydroxylation is 2. The summed E-state index contributed by atoms with van der Waals surface area (Å²) >= 11 is 0. The number of H-pyrrole nitrogens is 1. The van der Waals surface area contributed by atoms with Crippen molar-refractivity contribution in [1.82, 2.24) is 19.1 Å². The van der Waals surface area contributed by atoms with Gasteiger partial charge in [0.25, 0.3) is 5.56 Å². The van der Waals surface area contributed by atoms with Gasteiger partial charge in [0.05, 0.1) is 0 Å². The minimum atomic E-state index is -0.432. The molecule has 102 valence electrons. The van der Waals surface area contributed by atoms with E-state index in [0.29, 0.717) is 30.1 Å². The minimum Gasteiger partial charge on any atom is -0.310 e. The van der Waals surface area contributed by atoms with Crippen LogP contribution in [0.25, 0.3) is 11.2 Å². The van der Waals surface area contributed by atoms with Crippen molar-refractivity contribution in [3.8, 4) is 0 Å². The summed E-state index contributed by atoms with van der Waals surface area (Å²) in [5.74, 6) is 0.705. The van der Waals surface area contributed by atoms with Crippen molar-refractivity contribution in [2.45, 2.75) is 39.8 Å². The number of aromatic amines is 1. The molecule has 2 aromatic heterocycles. The van der Waals surface area contributed by atoms with Gasteiger partial charge in [-0.25, -0.2) is 9.78 Å². The van der Waals surface area contributed by atoms with E-state index in [1.807, 2.05) is 11.5 Å². The Labute approximate surface area is 110 Å². The standard InChI is InChI=1S/C13H18N4O2/c1-4-6-8-17-12-10(11(18)15-13(17)19)14-9(3)16(12)7-5-2/h5H,2,4,6-8H2,1,3H3,(H,15,18,19). The highest BCUT2D eigenvalue weighted by Gasteiger charge is 2.15. The molecular weight excluding hydrogens is 244 g/mol. The lowest BCUT2D eigenvalue weighted by molar-refractivity contribution is 0.601. The molecule has 0 atom stereocenters. The molecule has 2 aromatic rings. The van der Waals surface area contributed by atoms with E-state index in [1.54, 1.807) is 10.6 Å². The third-order valence-corrected chi connectivity index (χ3v) is 3.12. The summed E-state index contributed by atoms with van der Waals surface area (Å²) in [6.45, 7) is 8.67. The molecule has 0 spiro atoms. The van der Waals surface area contributed by atoms with Gasteiger partial charge in [-0.05, 0) is 13.3 Å². The highest BCUT2D eigenvalue weighted by molar-refractivity contribution is 5.70. The highest BCUT2D eigenvalue weighted by atomic mass is 16.2. The molecule has 0 unspecified atom stereocenters. The Hall–Kier alpha value is -2.11. The van der Waals surface area contributed by atoms with Crippen LogP contribution in [0.2, 0.25) is 0 Å². The Bertz CT molecular complexity index is 721. The Morgan fingerprint density at radius 1 is 1.37 bits per heavy atom. The van der Waals surface area contributed by atoms with Crippen LogP contribution in [0.15, 0.2) is 22.2 Å². The number of allylic oxidation sites excluding steroid dienone is 1. The van der Waals surface area contributed by atoms with Crippen LogP contribution in [0.5, 0.6) is 0 Å². The fourth-order valence-electron chi connectivity index (χ4n) is 2.17. The van der Waals surface area contributed by atoms with Gasteiger partial charge in [0.2, 0.25) is 0 Å². The smallest absolute Gasteiger partial charge is 0.310 e. The van der Waals surface area contributed by atoms with Gasteiger partial charge < -0.3 is 4.57 Å². The van der Waals surface area contributed by atoms with Crippen LogP contribution in [-0.2, 0) is 13.1 Å². The Balaban J connectivity index is 2.81. The van der Waals surface area contributed by atoms with Crippen molar-refractivity contribution >= 4 is 11.2 Å². The fourth-order valence-corrected chi connectivity index (χ4v) is 2.17. The SMILES string of the molecule is C=CCn1c(C)nc2c(=O)[nH]c(=O)n(CCCC)c21. The average molecular weight is 262 g/mol. The summed E-state index contributed by atoms with van der Waals surface area (Å²) in [5.41, 5.74) is 0.0875. The topological polar surface area (TPSA) is 72.7 Å². The molecule has 2 heterocycles. The zero-order valence-electron chi connectivity index (χ0n) is 11.3. The van der Waals surface area contributed by atoms with E-state index < -0.39 is 5.56 Å². The first-order valence-corrected chi connectivity index (χ1v) is 6.41. The van der Waals surface area contributed by atoms with Crippen molar-refractivity contribution in [2.24, 2.45) is 0 Å². The van der Waals surface area contributed by atoms with Crippen LogP contribution in [0, 0.1) is 6.92 Å². The van der Waals surface area contributed by atoms with Crippen LogP contribution in [0.1, 0.15) is 25.6 Å². The molecule has 0 radical (unpaired) electrons. The van der Waals surface area contributed by atoms with Crippen LogP contribution in [-0.4, -0.2) is 19.1 Å². The molecule has 0 fully saturated rings. The maximum atomic E-state index is 12.0. The predicted octanol–water partition coefficient (Wildman–Crippen LogP) is 1.18. The summed E-state index contributed by atoms with van der Waals surface area (Å²) in [6, 6.07) is 0. The molecule has 6 heteroatoms. The van der Waals surface area contributed by atoms with Crippen molar-refractivity contribution in [1.29, 1.82) is 0 Å². The first kappa shape index (κ1) is 13.3. The Morgan fingerprint density at radius 3 is 2.74 bits per heavy atom. The Kier molecular flexibility index (Phi) is 3.69. The van der Waals surface area contributed by atoms with Gasteiger partial charge in [0.1, 0.15) is 5.82 Å². The lowest BCUT2D eigenvalue weighted by Gasteiger charge is -2.09. The van der Waals surface area contributed by atoms with Gasteiger partial charge >= 0.3 is 5.69 Å².